The van der Waals surface area contributed by atoms with Gasteiger partial charge in [0.2, 0.25) is 5.88 Å². The summed E-state index contributed by atoms with van der Waals surface area (Å²) in [5.41, 5.74) is 0.556. The summed E-state index contributed by atoms with van der Waals surface area (Å²) in [5.74, 6) is 0.809. The Morgan fingerprint density at radius 1 is 1.67 bits per heavy atom. The fraction of sp³-hybridized carbons (Fsp3) is 0.500. The van der Waals surface area contributed by atoms with E-state index >= 15 is 0 Å². The lowest BCUT2D eigenvalue weighted by Crippen LogP contribution is -2.33. The minimum atomic E-state index is -0.256. The maximum absolute atomic E-state index is 11.7. The number of urea groups is 1. The lowest BCUT2D eigenvalue weighted by atomic mass is 10.1. The molecule has 0 aromatic carbocycles. The highest BCUT2D eigenvalue weighted by atomic mass is 16.5. The monoisotopic (exact) mass is 251 g/mol. The molecule has 18 heavy (non-hydrogen) atoms. The Morgan fingerprint density at radius 3 is 3.28 bits per heavy atom. The minimum absolute atomic E-state index is 0.256. The maximum atomic E-state index is 11.7. The third-order valence-corrected chi connectivity index (χ3v) is 2.79. The second-order valence-corrected chi connectivity index (χ2v) is 4.12. The average Bonchev–Trinajstić information content (AvgIpc) is 2.90. The Morgan fingerprint density at radius 2 is 2.56 bits per heavy atom. The first kappa shape index (κ1) is 12.6. The van der Waals surface area contributed by atoms with Crippen LogP contribution in [0.25, 0.3) is 0 Å². The van der Waals surface area contributed by atoms with Gasteiger partial charge in [0.05, 0.1) is 13.7 Å². The number of pyridine rings is 1. The van der Waals surface area contributed by atoms with Gasteiger partial charge >= 0.3 is 6.03 Å². The number of hydrogen-bond acceptors (Lipinski definition) is 4. The Balaban J connectivity index is 1.82. The fourth-order valence-electron chi connectivity index (χ4n) is 1.80. The number of carbonyl (C=O) groups is 1. The van der Waals surface area contributed by atoms with Crippen molar-refractivity contribution in [2.75, 3.05) is 32.2 Å². The number of carbonyl (C=O) groups excluding carboxylic acids is 1. The molecule has 2 amide bonds. The summed E-state index contributed by atoms with van der Waals surface area (Å²) >= 11 is 0. The number of rotatable bonds is 4. The molecule has 0 saturated carbocycles. The summed E-state index contributed by atoms with van der Waals surface area (Å²) in [6.07, 6.45) is 2.61. The zero-order valence-electron chi connectivity index (χ0n) is 10.3. The molecule has 1 unspecified atom stereocenters. The summed E-state index contributed by atoms with van der Waals surface area (Å²) in [7, 11) is 1.52. The van der Waals surface area contributed by atoms with Gasteiger partial charge in [-0.2, -0.15) is 0 Å². The third kappa shape index (κ3) is 3.33. The second-order valence-electron chi connectivity index (χ2n) is 4.12. The molecule has 1 aromatic heterocycles. The van der Waals surface area contributed by atoms with E-state index in [1.165, 1.54) is 7.11 Å². The molecule has 2 N–H and O–H groups in total. The van der Waals surface area contributed by atoms with Crippen molar-refractivity contribution in [2.45, 2.75) is 6.42 Å². The molecule has 0 bridgehead atoms. The molecule has 0 aliphatic carbocycles. The number of aromatic nitrogens is 1. The van der Waals surface area contributed by atoms with E-state index in [1.54, 1.807) is 18.3 Å². The predicted octanol–water partition coefficient (Wildman–Crippen LogP) is 1.25. The molecule has 1 aliphatic heterocycles. The van der Waals surface area contributed by atoms with Crippen LogP contribution in [0.4, 0.5) is 10.5 Å². The van der Waals surface area contributed by atoms with Crippen molar-refractivity contribution in [3.63, 3.8) is 0 Å². The lowest BCUT2D eigenvalue weighted by Gasteiger charge is -2.12. The van der Waals surface area contributed by atoms with Crippen molar-refractivity contribution in [3.05, 3.63) is 18.3 Å². The number of nitrogens with zero attached hydrogens (tertiary/aromatic N) is 1. The highest BCUT2D eigenvalue weighted by Gasteiger charge is 2.16. The molecule has 0 spiro atoms. The highest BCUT2D eigenvalue weighted by Crippen LogP contribution is 2.19. The van der Waals surface area contributed by atoms with Crippen LogP contribution in [0.15, 0.2) is 18.3 Å². The van der Waals surface area contributed by atoms with Crippen LogP contribution in [0.2, 0.25) is 0 Å². The summed E-state index contributed by atoms with van der Waals surface area (Å²) in [5, 5.41) is 5.52. The predicted molar refractivity (Wildman–Crippen MR) is 66.7 cm³/mol. The number of nitrogens with one attached hydrogen (secondary N) is 2. The Hall–Kier alpha value is -1.82. The smallest absolute Gasteiger partial charge is 0.319 e. The van der Waals surface area contributed by atoms with Gasteiger partial charge in [0, 0.05) is 25.3 Å². The van der Waals surface area contributed by atoms with Crippen molar-refractivity contribution in [3.8, 4) is 5.88 Å². The summed E-state index contributed by atoms with van der Waals surface area (Å²) in [6.45, 7) is 2.12. The zero-order valence-corrected chi connectivity index (χ0v) is 10.3. The molecule has 2 rings (SSSR count). The van der Waals surface area contributed by atoms with Crippen LogP contribution in [0.5, 0.6) is 5.88 Å². The molecule has 1 aromatic rings. The molecule has 1 fully saturated rings. The SMILES string of the molecule is COc1ncccc1NC(=O)NCC1CCOC1. The van der Waals surface area contributed by atoms with E-state index in [0.717, 1.165) is 19.6 Å². The van der Waals surface area contributed by atoms with Crippen molar-refractivity contribution >= 4 is 11.7 Å². The van der Waals surface area contributed by atoms with Crippen LogP contribution in [0, 0.1) is 5.92 Å². The van der Waals surface area contributed by atoms with E-state index in [2.05, 4.69) is 15.6 Å². The van der Waals surface area contributed by atoms with Gasteiger partial charge in [-0.25, -0.2) is 9.78 Å². The van der Waals surface area contributed by atoms with E-state index in [4.69, 9.17) is 9.47 Å². The van der Waals surface area contributed by atoms with Crippen LogP contribution < -0.4 is 15.4 Å². The van der Waals surface area contributed by atoms with Crippen molar-refractivity contribution in [2.24, 2.45) is 5.92 Å². The Labute approximate surface area is 106 Å². The normalized spacial score (nSPS) is 18.4. The van der Waals surface area contributed by atoms with E-state index in [-0.39, 0.29) is 6.03 Å². The molecular formula is C12H17N3O3. The molecule has 1 atom stereocenters. The van der Waals surface area contributed by atoms with Gasteiger partial charge in [-0.15, -0.1) is 0 Å². The number of hydrogen-bond donors (Lipinski definition) is 2. The van der Waals surface area contributed by atoms with Gasteiger partial charge in [0.1, 0.15) is 5.69 Å². The first-order valence-electron chi connectivity index (χ1n) is 5.91. The van der Waals surface area contributed by atoms with Crippen LogP contribution >= 0.6 is 0 Å². The largest absolute Gasteiger partial charge is 0.480 e. The van der Waals surface area contributed by atoms with E-state index in [1.807, 2.05) is 0 Å². The first-order chi connectivity index (χ1) is 8.79. The second kappa shape index (κ2) is 6.20. The van der Waals surface area contributed by atoms with Gasteiger partial charge in [0.15, 0.2) is 0 Å². The molecule has 6 heteroatoms. The number of anilines is 1. The summed E-state index contributed by atoms with van der Waals surface area (Å²) in [4.78, 5) is 15.7. The van der Waals surface area contributed by atoms with Gasteiger partial charge in [0.25, 0.3) is 0 Å². The quantitative estimate of drug-likeness (QED) is 0.844. The highest BCUT2D eigenvalue weighted by molar-refractivity contribution is 5.90. The van der Waals surface area contributed by atoms with E-state index in [9.17, 15) is 4.79 Å². The van der Waals surface area contributed by atoms with Gasteiger partial charge in [-0.3, -0.25) is 0 Å². The van der Waals surface area contributed by atoms with Gasteiger partial charge in [-0.05, 0) is 18.6 Å². The average molecular weight is 251 g/mol. The standard InChI is InChI=1S/C12H17N3O3/c1-17-11-10(3-2-5-13-11)15-12(16)14-7-9-4-6-18-8-9/h2-3,5,9H,4,6-8H2,1H3,(H2,14,15,16). The molecule has 98 valence electrons. The minimum Gasteiger partial charge on any atom is -0.480 e. The number of amides is 2. The number of ether oxygens (including phenoxy) is 2. The molecule has 1 aliphatic rings. The van der Waals surface area contributed by atoms with Crippen molar-refractivity contribution in [1.29, 1.82) is 0 Å². The Bertz CT molecular complexity index is 405. The van der Waals surface area contributed by atoms with Gasteiger partial charge in [-0.1, -0.05) is 0 Å². The summed E-state index contributed by atoms with van der Waals surface area (Å²) < 4.78 is 10.3. The maximum Gasteiger partial charge on any atom is 0.319 e. The molecular weight excluding hydrogens is 234 g/mol. The lowest BCUT2D eigenvalue weighted by molar-refractivity contribution is 0.185. The van der Waals surface area contributed by atoms with Gasteiger partial charge < -0.3 is 20.1 Å². The van der Waals surface area contributed by atoms with Crippen LogP contribution in [0.1, 0.15) is 6.42 Å². The number of methoxy groups -OCH3 is 1. The first-order valence-corrected chi connectivity index (χ1v) is 5.91. The fourth-order valence-corrected chi connectivity index (χ4v) is 1.80. The van der Waals surface area contributed by atoms with E-state index in [0.29, 0.717) is 24.0 Å². The van der Waals surface area contributed by atoms with E-state index < -0.39 is 0 Å². The molecule has 2 heterocycles. The summed E-state index contributed by atoms with van der Waals surface area (Å²) in [6, 6.07) is 3.22. The van der Waals surface area contributed by atoms with Crippen molar-refractivity contribution < 1.29 is 14.3 Å². The van der Waals surface area contributed by atoms with Crippen LogP contribution in [-0.2, 0) is 4.74 Å². The zero-order chi connectivity index (χ0) is 12.8. The van der Waals surface area contributed by atoms with Crippen LogP contribution in [-0.4, -0.2) is 37.9 Å². The molecule has 0 radical (unpaired) electrons. The van der Waals surface area contributed by atoms with Crippen LogP contribution in [0.3, 0.4) is 0 Å². The Kier molecular flexibility index (Phi) is 4.35. The topological polar surface area (TPSA) is 72.5 Å². The third-order valence-electron chi connectivity index (χ3n) is 2.79. The molecule has 1 saturated heterocycles. The van der Waals surface area contributed by atoms with Crippen molar-refractivity contribution in [1.82, 2.24) is 10.3 Å². The molecule has 6 nitrogen and oxygen atoms in total.